The lowest BCUT2D eigenvalue weighted by molar-refractivity contribution is -0.116. The maximum atomic E-state index is 12.4. The summed E-state index contributed by atoms with van der Waals surface area (Å²) in [5.41, 5.74) is 0.799. The van der Waals surface area contributed by atoms with E-state index in [1.54, 1.807) is 12.3 Å². The Balaban J connectivity index is 1.42. The van der Waals surface area contributed by atoms with Crippen LogP contribution in [0.15, 0.2) is 50.9 Å². The first kappa shape index (κ1) is 15.9. The highest BCUT2D eigenvalue weighted by atomic mass is 32.2. The summed E-state index contributed by atoms with van der Waals surface area (Å²) in [6.45, 7) is 4.22. The van der Waals surface area contributed by atoms with E-state index in [9.17, 15) is 9.59 Å². The Hall–Kier alpha value is -2.61. The number of aliphatic imine (C=N–C) groups is 1. The number of rotatable bonds is 4. The number of hydrogen-bond donors (Lipinski definition) is 1. The predicted octanol–water partition coefficient (Wildman–Crippen LogP) is 1.16. The maximum absolute atomic E-state index is 12.4. The molecule has 1 N–H and O–H groups in total. The van der Waals surface area contributed by atoms with Crippen molar-refractivity contribution in [1.29, 1.82) is 0 Å². The minimum Gasteiger partial charge on any atom is -0.350 e. The number of allylic oxidation sites excluding steroid dienone is 1. The van der Waals surface area contributed by atoms with Crippen LogP contribution in [0.3, 0.4) is 0 Å². The number of amides is 1. The molecule has 7 nitrogen and oxygen atoms in total. The molecule has 0 bridgehead atoms. The molecule has 8 heteroatoms. The largest absolute Gasteiger partial charge is 0.350 e. The number of carbonyl (C=O) groups excluding carboxylic acids is 1. The fourth-order valence-corrected chi connectivity index (χ4v) is 4.07. The molecule has 1 amide bonds. The summed E-state index contributed by atoms with van der Waals surface area (Å²) >= 11 is 1.41. The summed E-state index contributed by atoms with van der Waals surface area (Å²) < 4.78 is 1.38. The van der Waals surface area contributed by atoms with Gasteiger partial charge in [0.15, 0.2) is 5.17 Å². The minimum atomic E-state index is -0.145. The number of amidine groups is 1. The zero-order valence-corrected chi connectivity index (χ0v) is 14.5. The van der Waals surface area contributed by atoms with Crippen molar-refractivity contribution in [3.8, 4) is 0 Å². The van der Waals surface area contributed by atoms with Crippen LogP contribution >= 0.6 is 11.8 Å². The van der Waals surface area contributed by atoms with Gasteiger partial charge in [0.2, 0.25) is 0 Å². The van der Waals surface area contributed by atoms with Gasteiger partial charge < -0.3 is 10.2 Å². The third-order valence-corrected chi connectivity index (χ3v) is 5.52. The van der Waals surface area contributed by atoms with Crippen molar-refractivity contribution < 1.29 is 4.79 Å². The molecule has 0 fully saturated rings. The Morgan fingerprint density at radius 2 is 2.20 bits per heavy atom. The number of nitrogens with zero attached hydrogens (tertiary/aromatic N) is 4. The van der Waals surface area contributed by atoms with E-state index >= 15 is 0 Å². The highest BCUT2D eigenvalue weighted by Crippen LogP contribution is 2.35. The van der Waals surface area contributed by atoms with E-state index in [1.807, 2.05) is 25.1 Å². The van der Waals surface area contributed by atoms with Crippen LogP contribution in [-0.4, -0.2) is 45.4 Å². The van der Waals surface area contributed by atoms with Crippen molar-refractivity contribution in [3.63, 3.8) is 0 Å². The Bertz CT molecular complexity index is 978. The monoisotopic (exact) mass is 355 g/mol. The molecule has 0 atom stereocenters. The Labute approximate surface area is 148 Å². The number of fused-ring (bicyclic) bond motifs is 2. The Kier molecular flexibility index (Phi) is 4.04. The molecule has 1 aromatic carbocycles. The van der Waals surface area contributed by atoms with Gasteiger partial charge in [-0.3, -0.25) is 14.6 Å². The lowest BCUT2D eigenvalue weighted by Gasteiger charge is -2.12. The van der Waals surface area contributed by atoms with E-state index in [-0.39, 0.29) is 11.5 Å². The maximum Gasteiger partial charge on any atom is 0.274 e. The molecule has 2 aliphatic rings. The van der Waals surface area contributed by atoms with Crippen LogP contribution in [0, 0.1) is 0 Å². The second kappa shape index (κ2) is 6.36. The summed E-state index contributed by atoms with van der Waals surface area (Å²) in [4.78, 5) is 31.9. The topological polar surface area (TPSA) is 79.6 Å². The average Bonchev–Trinajstić information content (AvgIpc) is 3.20. The van der Waals surface area contributed by atoms with E-state index in [0.29, 0.717) is 23.4 Å². The highest BCUT2D eigenvalue weighted by molar-refractivity contribution is 8.18. The number of aromatic nitrogens is 2. The zero-order chi connectivity index (χ0) is 17.4. The van der Waals surface area contributed by atoms with E-state index in [2.05, 4.69) is 20.3 Å². The minimum absolute atomic E-state index is 0.131. The van der Waals surface area contributed by atoms with Gasteiger partial charge in [-0.1, -0.05) is 18.2 Å². The average molecular weight is 355 g/mol. The van der Waals surface area contributed by atoms with Crippen LogP contribution in [0.5, 0.6) is 0 Å². The second-order valence-electron chi connectivity index (χ2n) is 5.85. The lowest BCUT2D eigenvalue weighted by atomic mass is 10.2. The normalized spacial score (nSPS) is 16.4. The van der Waals surface area contributed by atoms with Crippen molar-refractivity contribution in [1.82, 2.24) is 20.0 Å². The first-order valence-electron chi connectivity index (χ1n) is 8.09. The van der Waals surface area contributed by atoms with Gasteiger partial charge in [-0.25, -0.2) is 4.68 Å². The van der Waals surface area contributed by atoms with Gasteiger partial charge in [0.25, 0.3) is 11.5 Å². The molecule has 0 unspecified atom stereocenters. The molecule has 1 aromatic heterocycles. The fourth-order valence-electron chi connectivity index (χ4n) is 2.97. The molecule has 2 aliphatic heterocycles. The summed E-state index contributed by atoms with van der Waals surface area (Å²) in [6, 6.07) is 7.35. The van der Waals surface area contributed by atoms with E-state index in [4.69, 9.17) is 0 Å². The summed E-state index contributed by atoms with van der Waals surface area (Å²) in [7, 11) is 0. The fraction of sp³-hybridized carbons (Fsp3) is 0.294. The van der Waals surface area contributed by atoms with Crippen LogP contribution < -0.4 is 10.9 Å². The zero-order valence-electron chi connectivity index (χ0n) is 13.7. The lowest BCUT2D eigenvalue weighted by Crippen LogP contribution is -2.32. The number of thioether (sulfide) groups is 1. The second-order valence-corrected chi connectivity index (χ2v) is 6.83. The molecular formula is C17H17N5O2S. The van der Waals surface area contributed by atoms with Crippen molar-refractivity contribution >= 4 is 33.6 Å². The van der Waals surface area contributed by atoms with Gasteiger partial charge >= 0.3 is 0 Å². The molecule has 0 spiro atoms. The molecule has 4 rings (SSSR count). The van der Waals surface area contributed by atoms with Crippen LogP contribution in [0.25, 0.3) is 10.8 Å². The summed E-state index contributed by atoms with van der Waals surface area (Å²) in [6.07, 6.45) is 1.67. The van der Waals surface area contributed by atoms with Gasteiger partial charge in [0.1, 0.15) is 0 Å². The van der Waals surface area contributed by atoms with Crippen molar-refractivity contribution in [2.75, 3.05) is 19.6 Å². The molecule has 128 valence electrons. The van der Waals surface area contributed by atoms with Gasteiger partial charge in [-0.2, -0.15) is 5.10 Å². The molecule has 0 saturated carbocycles. The molecule has 0 radical (unpaired) electrons. The summed E-state index contributed by atoms with van der Waals surface area (Å²) in [5.74, 6) is -0.131. The number of benzene rings is 1. The molecular weight excluding hydrogens is 338 g/mol. The first-order chi connectivity index (χ1) is 12.1. The van der Waals surface area contributed by atoms with Crippen LogP contribution in [0.1, 0.15) is 6.92 Å². The molecule has 0 saturated heterocycles. The number of nitrogens with one attached hydrogen (secondary N) is 1. The summed E-state index contributed by atoms with van der Waals surface area (Å²) in [5, 5.41) is 9.39. The highest BCUT2D eigenvalue weighted by Gasteiger charge is 2.32. The van der Waals surface area contributed by atoms with Crippen LogP contribution in [-0.2, 0) is 11.3 Å². The van der Waals surface area contributed by atoms with Crippen molar-refractivity contribution in [2.45, 2.75) is 13.5 Å². The van der Waals surface area contributed by atoms with Crippen molar-refractivity contribution in [2.24, 2.45) is 4.99 Å². The van der Waals surface area contributed by atoms with E-state index in [0.717, 1.165) is 29.3 Å². The molecule has 2 aromatic rings. The third-order valence-electron chi connectivity index (χ3n) is 4.31. The van der Waals surface area contributed by atoms with E-state index in [1.165, 1.54) is 16.4 Å². The van der Waals surface area contributed by atoms with Crippen molar-refractivity contribution in [3.05, 3.63) is 51.4 Å². The van der Waals surface area contributed by atoms with Gasteiger partial charge in [0, 0.05) is 24.2 Å². The molecule has 3 heterocycles. The van der Waals surface area contributed by atoms with Crippen LogP contribution in [0.4, 0.5) is 0 Å². The molecule has 0 aliphatic carbocycles. The first-order valence-corrected chi connectivity index (χ1v) is 8.90. The van der Waals surface area contributed by atoms with Gasteiger partial charge in [0.05, 0.1) is 29.6 Å². The van der Waals surface area contributed by atoms with Crippen LogP contribution in [0.2, 0.25) is 0 Å². The van der Waals surface area contributed by atoms with Gasteiger partial charge in [-0.05, 0) is 24.8 Å². The Morgan fingerprint density at radius 1 is 1.36 bits per heavy atom. The quantitative estimate of drug-likeness (QED) is 0.890. The number of hydrogen-bond acceptors (Lipinski definition) is 6. The number of carbonyl (C=O) groups is 1. The SMILES string of the molecule is CC1=C(C(=O)NCCn2ncc3ccccc3c2=O)SC2=NCCN21. The van der Waals surface area contributed by atoms with E-state index < -0.39 is 0 Å². The predicted molar refractivity (Wildman–Crippen MR) is 98.3 cm³/mol. The molecule has 25 heavy (non-hydrogen) atoms. The smallest absolute Gasteiger partial charge is 0.274 e. The standard InChI is InChI=1S/C17H17N5O2S/c1-11-14(25-17-19-6-8-21(11)17)15(23)18-7-9-22-16(24)13-5-3-2-4-12(13)10-20-22/h2-5,10H,6-9H2,1H3,(H,18,23). The Morgan fingerprint density at radius 3 is 3.04 bits per heavy atom. The van der Waals surface area contributed by atoms with Gasteiger partial charge in [-0.15, -0.1) is 0 Å². The third kappa shape index (κ3) is 2.82.